The molecule has 0 aromatic heterocycles. The first-order valence-electron chi connectivity index (χ1n) is 6.55. The summed E-state index contributed by atoms with van der Waals surface area (Å²) in [6.07, 6.45) is 9.04. The van der Waals surface area contributed by atoms with Gasteiger partial charge in [0.15, 0.2) is 0 Å². The van der Waals surface area contributed by atoms with Crippen LogP contribution < -0.4 is 0 Å². The predicted octanol–water partition coefficient (Wildman–Crippen LogP) is 3.61. The molecular weight excluding hydrogens is 212 g/mol. The summed E-state index contributed by atoms with van der Waals surface area (Å²) in [5, 5.41) is 8.74. The van der Waals surface area contributed by atoms with Crippen LogP contribution in [-0.2, 0) is 4.74 Å². The normalized spacial score (nSPS) is 23.9. The molecule has 1 heterocycles. The van der Waals surface area contributed by atoms with Gasteiger partial charge in [0.25, 0.3) is 0 Å². The quantitative estimate of drug-likeness (QED) is 0.543. The summed E-state index contributed by atoms with van der Waals surface area (Å²) in [7, 11) is 0. The molecular formula is C15H26O2. The van der Waals surface area contributed by atoms with Gasteiger partial charge < -0.3 is 9.84 Å². The van der Waals surface area contributed by atoms with Gasteiger partial charge >= 0.3 is 0 Å². The third-order valence-corrected chi connectivity index (χ3v) is 3.44. The van der Waals surface area contributed by atoms with E-state index in [1.165, 1.54) is 11.1 Å². The van der Waals surface area contributed by atoms with Gasteiger partial charge in [0.2, 0.25) is 0 Å². The molecule has 17 heavy (non-hydrogen) atoms. The first-order valence-corrected chi connectivity index (χ1v) is 6.55. The average Bonchev–Trinajstić information content (AvgIpc) is 2.84. The Morgan fingerprint density at radius 3 is 2.29 bits per heavy atom. The zero-order valence-corrected chi connectivity index (χ0v) is 11.6. The lowest BCUT2D eigenvalue weighted by molar-refractivity contribution is 0.320. The van der Waals surface area contributed by atoms with E-state index in [2.05, 4.69) is 33.8 Å². The van der Waals surface area contributed by atoms with Crippen LogP contribution in [0.25, 0.3) is 0 Å². The molecule has 0 bridgehead atoms. The fourth-order valence-corrected chi connectivity index (χ4v) is 2.00. The Morgan fingerprint density at radius 2 is 1.76 bits per heavy atom. The molecule has 1 fully saturated rings. The summed E-state index contributed by atoms with van der Waals surface area (Å²) in [5.41, 5.74) is 2.84. The van der Waals surface area contributed by atoms with Crippen LogP contribution in [0.1, 0.15) is 53.4 Å². The van der Waals surface area contributed by atoms with Crippen LogP contribution in [0.15, 0.2) is 23.3 Å². The van der Waals surface area contributed by atoms with E-state index in [1.54, 1.807) is 0 Å². The fourth-order valence-electron chi connectivity index (χ4n) is 2.00. The van der Waals surface area contributed by atoms with Gasteiger partial charge in [-0.15, -0.1) is 0 Å². The second kappa shape index (κ2) is 6.36. The maximum Gasteiger partial charge on any atom is 0.0892 e. The summed E-state index contributed by atoms with van der Waals surface area (Å²) in [6, 6.07) is 0. The monoisotopic (exact) mass is 238 g/mol. The Morgan fingerprint density at radius 1 is 1.18 bits per heavy atom. The fraction of sp³-hybridized carbons (Fsp3) is 0.733. The number of rotatable bonds is 7. The van der Waals surface area contributed by atoms with Crippen molar-refractivity contribution < 1.29 is 9.84 Å². The number of ether oxygens (including phenoxy) is 1. The summed E-state index contributed by atoms with van der Waals surface area (Å²) < 4.78 is 5.57. The van der Waals surface area contributed by atoms with Crippen molar-refractivity contribution in [2.24, 2.45) is 0 Å². The molecule has 1 atom stereocenters. The van der Waals surface area contributed by atoms with Crippen LogP contribution in [0.4, 0.5) is 0 Å². The number of aliphatic hydroxyl groups excluding tert-OH is 1. The molecule has 1 saturated heterocycles. The average molecular weight is 238 g/mol. The smallest absolute Gasteiger partial charge is 0.0892 e. The van der Waals surface area contributed by atoms with Gasteiger partial charge in [-0.1, -0.05) is 23.3 Å². The highest BCUT2D eigenvalue weighted by Crippen LogP contribution is 2.38. The highest BCUT2D eigenvalue weighted by molar-refractivity contribution is 5.05. The van der Waals surface area contributed by atoms with Gasteiger partial charge in [0, 0.05) is 0 Å². The Bertz CT molecular complexity index is 300. The van der Waals surface area contributed by atoms with Crippen molar-refractivity contribution in [1.82, 2.24) is 0 Å². The minimum Gasteiger partial charge on any atom is -0.392 e. The van der Waals surface area contributed by atoms with E-state index >= 15 is 0 Å². The Hall–Kier alpha value is -0.600. The number of hydrogen-bond donors (Lipinski definition) is 1. The summed E-state index contributed by atoms with van der Waals surface area (Å²) in [5.74, 6) is 0. The van der Waals surface area contributed by atoms with E-state index in [9.17, 15) is 0 Å². The Labute approximate surface area is 105 Å². The van der Waals surface area contributed by atoms with Crippen LogP contribution in [0.3, 0.4) is 0 Å². The van der Waals surface area contributed by atoms with Gasteiger partial charge in [-0.2, -0.15) is 0 Å². The van der Waals surface area contributed by atoms with E-state index in [0.717, 1.165) is 25.7 Å². The molecule has 0 aromatic carbocycles. The summed E-state index contributed by atoms with van der Waals surface area (Å²) >= 11 is 0. The molecule has 1 unspecified atom stereocenters. The van der Waals surface area contributed by atoms with Crippen molar-refractivity contribution >= 4 is 0 Å². The number of hydrogen-bond acceptors (Lipinski definition) is 2. The molecule has 1 rings (SSSR count). The van der Waals surface area contributed by atoms with Crippen molar-refractivity contribution in [2.45, 2.75) is 65.1 Å². The molecule has 0 spiro atoms. The van der Waals surface area contributed by atoms with Gasteiger partial charge in [-0.3, -0.25) is 0 Å². The van der Waals surface area contributed by atoms with Crippen LogP contribution in [0.5, 0.6) is 0 Å². The van der Waals surface area contributed by atoms with Gasteiger partial charge in [-0.05, 0) is 53.4 Å². The second-order valence-corrected chi connectivity index (χ2v) is 5.57. The lowest BCUT2D eigenvalue weighted by Crippen LogP contribution is -2.02. The van der Waals surface area contributed by atoms with Gasteiger partial charge in [-0.25, -0.2) is 0 Å². The number of allylic oxidation sites excluding steroid dienone is 3. The van der Waals surface area contributed by atoms with E-state index in [0.29, 0.717) is 6.10 Å². The molecule has 1 N–H and O–H groups in total. The number of aliphatic hydroxyl groups is 1. The predicted molar refractivity (Wildman–Crippen MR) is 72.0 cm³/mol. The van der Waals surface area contributed by atoms with Crippen LogP contribution in [0, 0.1) is 0 Å². The van der Waals surface area contributed by atoms with Crippen molar-refractivity contribution in [3.05, 3.63) is 23.3 Å². The highest BCUT2D eigenvalue weighted by Gasteiger charge is 2.46. The standard InChI is InChI=1S/C15H26O2/c1-12(6-5-7-13(2)10-11-16)8-9-14-15(3,4)17-14/h6,10,14,16H,5,7-9,11H2,1-4H3. The molecule has 1 aliphatic rings. The van der Waals surface area contributed by atoms with E-state index in [1.807, 2.05) is 6.08 Å². The molecule has 2 heteroatoms. The third-order valence-electron chi connectivity index (χ3n) is 3.44. The SMILES string of the molecule is CC(=CCO)CCC=C(C)CCC1OC1(C)C. The lowest BCUT2D eigenvalue weighted by atomic mass is 10.0. The maximum absolute atomic E-state index is 8.74. The van der Waals surface area contributed by atoms with Crippen LogP contribution in [-0.4, -0.2) is 23.4 Å². The van der Waals surface area contributed by atoms with Crippen LogP contribution in [0.2, 0.25) is 0 Å². The van der Waals surface area contributed by atoms with E-state index in [-0.39, 0.29) is 12.2 Å². The minimum absolute atomic E-state index is 0.126. The van der Waals surface area contributed by atoms with E-state index in [4.69, 9.17) is 9.84 Å². The first kappa shape index (κ1) is 14.5. The Kier molecular flexibility index (Phi) is 5.41. The minimum atomic E-state index is 0.126. The third kappa shape index (κ3) is 5.51. The molecule has 0 saturated carbocycles. The van der Waals surface area contributed by atoms with Crippen molar-refractivity contribution in [3.8, 4) is 0 Å². The van der Waals surface area contributed by atoms with E-state index < -0.39 is 0 Å². The topological polar surface area (TPSA) is 32.8 Å². The molecule has 98 valence electrons. The molecule has 1 aliphatic heterocycles. The van der Waals surface area contributed by atoms with Crippen molar-refractivity contribution in [2.75, 3.05) is 6.61 Å². The van der Waals surface area contributed by atoms with Crippen molar-refractivity contribution in [3.63, 3.8) is 0 Å². The summed E-state index contributed by atoms with van der Waals surface area (Å²) in [6.45, 7) is 8.72. The zero-order valence-electron chi connectivity index (χ0n) is 11.6. The molecule has 0 aliphatic carbocycles. The highest BCUT2D eigenvalue weighted by atomic mass is 16.6. The molecule has 0 amide bonds. The largest absolute Gasteiger partial charge is 0.392 e. The molecule has 0 aromatic rings. The summed E-state index contributed by atoms with van der Waals surface area (Å²) in [4.78, 5) is 0. The lowest BCUT2D eigenvalue weighted by Gasteiger charge is -2.01. The molecule has 0 radical (unpaired) electrons. The number of epoxide rings is 1. The van der Waals surface area contributed by atoms with Crippen molar-refractivity contribution in [1.29, 1.82) is 0 Å². The van der Waals surface area contributed by atoms with Crippen LogP contribution >= 0.6 is 0 Å². The van der Waals surface area contributed by atoms with Gasteiger partial charge in [0.05, 0.1) is 18.3 Å². The van der Waals surface area contributed by atoms with Gasteiger partial charge in [0.1, 0.15) is 0 Å². The first-order chi connectivity index (χ1) is 7.95. The molecule has 2 nitrogen and oxygen atoms in total. The zero-order chi connectivity index (χ0) is 12.9. The second-order valence-electron chi connectivity index (χ2n) is 5.57. The maximum atomic E-state index is 8.74. The Balaban J connectivity index is 2.15.